The molecule has 1 aromatic heterocycles. The molecule has 0 amide bonds. The number of benzene rings is 1. The molecule has 1 N–H and O–H groups in total. The van der Waals surface area contributed by atoms with Crippen molar-refractivity contribution in [1.29, 1.82) is 0 Å². The summed E-state index contributed by atoms with van der Waals surface area (Å²) in [5.74, 6) is -0.770. The Morgan fingerprint density at radius 3 is 2.95 bits per heavy atom. The van der Waals surface area contributed by atoms with Gasteiger partial charge < -0.3 is 9.84 Å². The van der Waals surface area contributed by atoms with Gasteiger partial charge in [0.1, 0.15) is 17.9 Å². The topological polar surface area (TPSA) is 59.4 Å². The third kappa shape index (κ3) is 3.45. The number of carboxylic acids is 1. The Hall–Kier alpha value is -1.59. The van der Waals surface area contributed by atoms with Crippen LogP contribution in [0, 0.1) is 0 Å². The van der Waals surface area contributed by atoms with Crippen LogP contribution in [0.4, 0.5) is 0 Å². The number of rotatable bonds is 5. The molecular weight excluding hydrogens is 286 g/mol. The van der Waals surface area contributed by atoms with Crippen molar-refractivity contribution in [3.8, 4) is 5.75 Å². The third-order valence-corrected chi connectivity index (χ3v) is 3.73. The van der Waals surface area contributed by atoms with E-state index in [-0.39, 0.29) is 12.2 Å². The molecule has 0 saturated heterocycles. The van der Waals surface area contributed by atoms with Gasteiger partial charge in [0.25, 0.3) is 0 Å². The number of nitrogens with zero attached hydrogens (tertiary/aromatic N) is 1. The Balaban J connectivity index is 2.12. The molecule has 1 aromatic carbocycles. The maximum atomic E-state index is 11.1. The van der Waals surface area contributed by atoms with Crippen LogP contribution in [-0.4, -0.2) is 16.1 Å². The number of aromatic carboxylic acids is 1. The number of carboxylic acid groups (broad SMARTS) is 1. The van der Waals surface area contributed by atoms with Crippen molar-refractivity contribution in [2.75, 3.05) is 0 Å². The minimum atomic E-state index is -1.06. The molecule has 2 rings (SSSR count). The zero-order valence-corrected chi connectivity index (χ0v) is 11.8. The van der Waals surface area contributed by atoms with E-state index in [2.05, 4.69) is 4.98 Å². The maximum absolute atomic E-state index is 11.1. The molecule has 0 radical (unpaired) electrons. The second-order valence-electron chi connectivity index (χ2n) is 3.82. The molecule has 0 fully saturated rings. The molecule has 1 heterocycles. The summed E-state index contributed by atoms with van der Waals surface area (Å²) in [7, 11) is 0. The standard InChI is InChI=1S/C13H12ClNO3S/c1-2-12-15-9(7-19-12)6-18-11-4-3-8(14)5-10(11)13(16)17/h3-5,7H,2,6H2,1H3,(H,16,17). The molecule has 4 nitrogen and oxygen atoms in total. The summed E-state index contributed by atoms with van der Waals surface area (Å²) in [5, 5.41) is 12.4. The van der Waals surface area contributed by atoms with Crippen molar-refractivity contribution in [3.05, 3.63) is 44.9 Å². The van der Waals surface area contributed by atoms with Gasteiger partial charge in [0.05, 0.1) is 10.7 Å². The van der Waals surface area contributed by atoms with E-state index in [1.54, 1.807) is 23.5 Å². The lowest BCUT2D eigenvalue weighted by molar-refractivity contribution is 0.0691. The molecule has 0 aliphatic carbocycles. The monoisotopic (exact) mass is 297 g/mol. The van der Waals surface area contributed by atoms with Crippen molar-refractivity contribution >= 4 is 28.9 Å². The van der Waals surface area contributed by atoms with E-state index >= 15 is 0 Å². The van der Waals surface area contributed by atoms with Crippen LogP contribution < -0.4 is 4.74 Å². The highest BCUT2D eigenvalue weighted by atomic mass is 35.5. The molecule has 0 atom stereocenters. The number of aryl methyl sites for hydroxylation is 1. The van der Waals surface area contributed by atoms with E-state index in [0.717, 1.165) is 17.1 Å². The minimum absolute atomic E-state index is 0.0541. The number of ether oxygens (including phenoxy) is 1. The van der Waals surface area contributed by atoms with Crippen LogP contribution >= 0.6 is 22.9 Å². The van der Waals surface area contributed by atoms with Gasteiger partial charge in [-0.25, -0.2) is 9.78 Å². The molecular formula is C13H12ClNO3S. The van der Waals surface area contributed by atoms with E-state index in [1.165, 1.54) is 6.07 Å². The van der Waals surface area contributed by atoms with Gasteiger partial charge in [-0.2, -0.15) is 0 Å². The second kappa shape index (κ2) is 6.04. The van der Waals surface area contributed by atoms with Gasteiger partial charge in [0.15, 0.2) is 0 Å². The van der Waals surface area contributed by atoms with Gasteiger partial charge in [0, 0.05) is 10.4 Å². The fourth-order valence-electron chi connectivity index (χ4n) is 1.52. The molecule has 0 aliphatic heterocycles. The molecule has 0 unspecified atom stereocenters. The first-order valence-corrected chi connectivity index (χ1v) is 6.95. The lowest BCUT2D eigenvalue weighted by Gasteiger charge is -2.08. The number of hydrogen-bond acceptors (Lipinski definition) is 4. The lowest BCUT2D eigenvalue weighted by Crippen LogP contribution is -2.03. The Kier molecular flexibility index (Phi) is 4.39. The fourth-order valence-corrected chi connectivity index (χ4v) is 2.43. The van der Waals surface area contributed by atoms with Gasteiger partial charge in [-0.05, 0) is 24.6 Å². The molecule has 0 spiro atoms. The average Bonchev–Trinajstić information content (AvgIpc) is 2.85. The first kappa shape index (κ1) is 13.8. The molecule has 0 aliphatic rings. The van der Waals surface area contributed by atoms with Crippen LogP contribution in [0.2, 0.25) is 5.02 Å². The van der Waals surface area contributed by atoms with Crippen molar-refractivity contribution < 1.29 is 14.6 Å². The predicted octanol–water partition coefficient (Wildman–Crippen LogP) is 3.64. The maximum Gasteiger partial charge on any atom is 0.339 e. The minimum Gasteiger partial charge on any atom is -0.486 e. The van der Waals surface area contributed by atoms with Gasteiger partial charge in [-0.1, -0.05) is 18.5 Å². The summed E-state index contributed by atoms with van der Waals surface area (Å²) in [4.78, 5) is 15.4. The van der Waals surface area contributed by atoms with Gasteiger partial charge >= 0.3 is 5.97 Å². The van der Waals surface area contributed by atoms with Gasteiger partial charge in [-0.3, -0.25) is 0 Å². The highest BCUT2D eigenvalue weighted by Crippen LogP contribution is 2.24. The van der Waals surface area contributed by atoms with E-state index in [0.29, 0.717) is 10.8 Å². The summed E-state index contributed by atoms with van der Waals surface area (Å²) >= 11 is 7.34. The van der Waals surface area contributed by atoms with Crippen molar-refractivity contribution in [2.45, 2.75) is 20.0 Å². The third-order valence-electron chi connectivity index (χ3n) is 2.45. The van der Waals surface area contributed by atoms with E-state index in [9.17, 15) is 4.79 Å². The molecule has 6 heteroatoms. The number of aromatic nitrogens is 1. The predicted molar refractivity (Wildman–Crippen MR) is 74.2 cm³/mol. The van der Waals surface area contributed by atoms with E-state index in [4.69, 9.17) is 21.4 Å². The van der Waals surface area contributed by atoms with Gasteiger partial charge in [0.2, 0.25) is 0 Å². The second-order valence-corrected chi connectivity index (χ2v) is 5.20. The Labute approximate surface area is 119 Å². The normalized spacial score (nSPS) is 10.4. The number of carbonyl (C=O) groups is 1. The molecule has 19 heavy (non-hydrogen) atoms. The van der Waals surface area contributed by atoms with Crippen LogP contribution in [0.15, 0.2) is 23.6 Å². The zero-order valence-electron chi connectivity index (χ0n) is 10.2. The van der Waals surface area contributed by atoms with Crippen LogP contribution in [0.3, 0.4) is 0 Å². The van der Waals surface area contributed by atoms with E-state index < -0.39 is 5.97 Å². The van der Waals surface area contributed by atoms with Crippen molar-refractivity contribution in [3.63, 3.8) is 0 Å². The largest absolute Gasteiger partial charge is 0.486 e. The van der Waals surface area contributed by atoms with E-state index in [1.807, 2.05) is 12.3 Å². The van der Waals surface area contributed by atoms with Crippen LogP contribution in [0.1, 0.15) is 28.0 Å². The first-order chi connectivity index (χ1) is 9.10. The summed E-state index contributed by atoms with van der Waals surface area (Å²) < 4.78 is 5.50. The summed E-state index contributed by atoms with van der Waals surface area (Å²) in [6, 6.07) is 4.53. The molecule has 0 bridgehead atoms. The Morgan fingerprint density at radius 1 is 1.53 bits per heavy atom. The first-order valence-electron chi connectivity index (χ1n) is 5.69. The van der Waals surface area contributed by atoms with Crippen LogP contribution in [0.25, 0.3) is 0 Å². The molecule has 100 valence electrons. The zero-order chi connectivity index (χ0) is 13.8. The SMILES string of the molecule is CCc1nc(COc2ccc(Cl)cc2C(=O)O)cs1. The van der Waals surface area contributed by atoms with Gasteiger partial charge in [-0.15, -0.1) is 11.3 Å². The number of halogens is 1. The molecule has 2 aromatic rings. The lowest BCUT2D eigenvalue weighted by atomic mass is 10.2. The van der Waals surface area contributed by atoms with Crippen LogP contribution in [-0.2, 0) is 13.0 Å². The summed E-state index contributed by atoms with van der Waals surface area (Å²) in [6.45, 7) is 2.28. The highest BCUT2D eigenvalue weighted by Gasteiger charge is 2.12. The summed E-state index contributed by atoms with van der Waals surface area (Å²) in [6.07, 6.45) is 0.881. The van der Waals surface area contributed by atoms with Crippen molar-refractivity contribution in [1.82, 2.24) is 4.98 Å². The quantitative estimate of drug-likeness (QED) is 0.915. The Bertz CT molecular complexity index is 597. The summed E-state index contributed by atoms with van der Waals surface area (Å²) in [5.41, 5.74) is 0.853. The van der Waals surface area contributed by atoms with Crippen LogP contribution in [0.5, 0.6) is 5.75 Å². The number of thiazole rings is 1. The average molecular weight is 298 g/mol. The Morgan fingerprint density at radius 2 is 2.32 bits per heavy atom. The van der Waals surface area contributed by atoms with Crippen molar-refractivity contribution in [2.24, 2.45) is 0 Å². The smallest absolute Gasteiger partial charge is 0.339 e. The number of hydrogen-bond donors (Lipinski definition) is 1. The highest BCUT2D eigenvalue weighted by molar-refractivity contribution is 7.09. The molecule has 0 saturated carbocycles. The fraction of sp³-hybridized carbons (Fsp3) is 0.231.